The summed E-state index contributed by atoms with van der Waals surface area (Å²) in [6, 6.07) is 14.6. The Morgan fingerprint density at radius 2 is 1.64 bits per heavy atom. The Morgan fingerprint density at radius 3 is 2.28 bits per heavy atom. The number of thiophene rings is 1. The number of nitrogens with zero attached hydrogens (tertiary/aromatic N) is 1. The number of aryl methyl sites for hydroxylation is 1. The van der Waals surface area contributed by atoms with Crippen molar-refractivity contribution in [1.29, 1.82) is 0 Å². The Morgan fingerprint density at radius 1 is 0.960 bits per heavy atom. The number of hydrogen-bond acceptors (Lipinski definition) is 5. The lowest BCUT2D eigenvalue weighted by Gasteiger charge is -2.09. The predicted molar refractivity (Wildman–Crippen MR) is 103 cm³/mol. The third-order valence-electron chi connectivity index (χ3n) is 3.63. The van der Waals surface area contributed by atoms with E-state index < -0.39 is 10.0 Å². The van der Waals surface area contributed by atoms with Crippen LogP contribution in [0, 0.1) is 0 Å². The molecule has 0 unspecified atom stereocenters. The highest BCUT2D eigenvalue weighted by atomic mass is 32.2. The number of hydrogen-bond donors (Lipinski definition) is 2. The molecular weight excluding hydrogens is 354 g/mol. The standard InChI is InChI=1S/C18H19N3O2S2/c1-2-17-7-8-18(24-17)25(22,23)21-16-5-3-15(4-6-16)20-13-14-9-11-19-12-10-14/h3-12,20-21H,2,13H2,1H3. The minimum Gasteiger partial charge on any atom is -0.381 e. The van der Waals surface area contributed by atoms with Gasteiger partial charge in [-0.1, -0.05) is 6.92 Å². The quantitative estimate of drug-likeness (QED) is 0.653. The van der Waals surface area contributed by atoms with Gasteiger partial charge in [0, 0.05) is 35.2 Å². The van der Waals surface area contributed by atoms with Crippen LogP contribution in [0.15, 0.2) is 65.1 Å². The number of pyridine rings is 1. The second-order valence-electron chi connectivity index (χ2n) is 5.47. The zero-order valence-electron chi connectivity index (χ0n) is 13.8. The molecule has 3 aromatic rings. The van der Waals surface area contributed by atoms with Gasteiger partial charge in [-0.2, -0.15) is 0 Å². The lowest BCUT2D eigenvalue weighted by Crippen LogP contribution is -2.11. The second kappa shape index (κ2) is 7.67. The lowest BCUT2D eigenvalue weighted by molar-refractivity contribution is 0.603. The van der Waals surface area contributed by atoms with Crippen molar-refractivity contribution in [3.63, 3.8) is 0 Å². The first-order valence-electron chi connectivity index (χ1n) is 7.91. The summed E-state index contributed by atoms with van der Waals surface area (Å²) in [6.07, 6.45) is 4.34. The Labute approximate surface area is 151 Å². The first-order chi connectivity index (χ1) is 12.1. The molecule has 0 aliphatic rings. The minimum absolute atomic E-state index is 0.337. The molecule has 0 aliphatic heterocycles. The van der Waals surface area contributed by atoms with Crippen LogP contribution in [0.5, 0.6) is 0 Å². The average Bonchev–Trinajstić information content (AvgIpc) is 3.12. The first-order valence-corrected chi connectivity index (χ1v) is 10.2. The fourth-order valence-corrected chi connectivity index (χ4v) is 4.61. The molecule has 130 valence electrons. The SMILES string of the molecule is CCc1ccc(S(=O)(=O)Nc2ccc(NCc3ccncc3)cc2)s1. The Hall–Kier alpha value is -2.38. The van der Waals surface area contributed by atoms with E-state index in [1.54, 1.807) is 30.6 Å². The van der Waals surface area contributed by atoms with Gasteiger partial charge in [0.15, 0.2) is 0 Å². The van der Waals surface area contributed by atoms with Crippen molar-refractivity contribution in [2.24, 2.45) is 0 Å². The van der Waals surface area contributed by atoms with E-state index in [9.17, 15) is 8.42 Å². The van der Waals surface area contributed by atoms with Gasteiger partial charge in [-0.15, -0.1) is 11.3 Å². The van der Waals surface area contributed by atoms with Crippen LogP contribution < -0.4 is 10.0 Å². The maximum Gasteiger partial charge on any atom is 0.271 e. The molecule has 0 bridgehead atoms. The fraction of sp³-hybridized carbons (Fsp3) is 0.167. The van der Waals surface area contributed by atoms with Crippen molar-refractivity contribution in [2.75, 3.05) is 10.0 Å². The van der Waals surface area contributed by atoms with Gasteiger partial charge in [-0.25, -0.2) is 8.42 Å². The normalized spacial score (nSPS) is 11.2. The Kier molecular flexibility index (Phi) is 5.35. The van der Waals surface area contributed by atoms with Crippen LogP contribution in [0.2, 0.25) is 0 Å². The molecular formula is C18H19N3O2S2. The molecule has 2 heterocycles. The van der Waals surface area contributed by atoms with Crippen LogP contribution in [0.4, 0.5) is 11.4 Å². The van der Waals surface area contributed by atoms with Crippen molar-refractivity contribution in [2.45, 2.75) is 24.1 Å². The van der Waals surface area contributed by atoms with E-state index in [2.05, 4.69) is 15.0 Å². The average molecular weight is 374 g/mol. The predicted octanol–water partition coefficient (Wildman–Crippen LogP) is 4.12. The fourth-order valence-electron chi connectivity index (χ4n) is 2.26. The summed E-state index contributed by atoms with van der Waals surface area (Å²) in [5.74, 6) is 0. The molecule has 0 amide bonds. The van der Waals surface area contributed by atoms with Crippen LogP contribution in [0.25, 0.3) is 0 Å². The summed E-state index contributed by atoms with van der Waals surface area (Å²) in [5, 5.41) is 3.29. The third-order valence-corrected chi connectivity index (χ3v) is 6.74. The summed E-state index contributed by atoms with van der Waals surface area (Å²) in [7, 11) is -3.53. The molecule has 1 aromatic carbocycles. The van der Waals surface area contributed by atoms with Gasteiger partial charge < -0.3 is 5.32 Å². The topological polar surface area (TPSA) is 71.1 Å². The molecule has 2 aromatic heterocycles. The van der Waals surface area contributed by atoms with Crippen LogP contribution >= 0.6 is 11.3 Å². The smallest absolute Gasteiger partial charge is 0.271 e. The largest absolute Gasteiger partial charge is 0.381 e. The summed E-state index contributed by atoms with van der Waals surface area (Å²) in [6.45, 7) is 2.69. The molecule has 0 aliphatic carbocycles. The summed E-state index contributed by atoms with van der Waals surface area (Å²) >= 11 is 1.30. The first kappa shape index (κ1) is 17.4. The van der Waals surface area contributed by atoms with Crippen molar-refractivity contribution < 1.29 is 8.42 Å². The molecule has 0 saturated carbocycles. The van der Waals surface area contributed by atoms with Crippen LogP contribution in [0.1, 0.15) is 17.4 Å². The molecule has 2 N–H and O–H groups in total. The molecule has 0 saturated heterocycles. The number of rotatable bonds is 7. The highest BCUT2D eigenvalue weighted by molar-refractivity contribution is 7.94. The third kappa shape index (κ3) is 4.58. The van der Waals surface area contributed by atoms with Gasteiger partial charge in [0.25, 0.3) is 10.0 Å². The summed E-state index contributed by atoms with van der Waals surface area (Å²) in [5.41, 5.74) is 2.59. The van der Waals surface area contributed by atoms with E-state index in [-0.39, 0.29) is 0 Å². The van der Waals surface area contributed by atoms with Crippen LogP contribution in [0.3, 0.4) is 0 Å². The maximum atomic E-state index is 12.4. The highest BCUT2D eigenvalue weighted by Crippen LogP contribution is 2.25. The van der Waals surface area contributed by atoms with Crippen LogP contribution in [-0.2, 0) is 23.0 Å². The molecule has 0 spiro atoms. The Balaban J connectivity index is 1.64. The second-order valence-corrected chi connectivity index (χ2v) is 8.54. The van der Waals surface area contributed by atoms with E-state index in [0.29, 0.717) is 16.4 Å². The summed E-state index contributed by atoms with van der Waals surface area (Å²) in [4.78, 5) is 5.04. The van der Waals surface area contributed by atoms with Crippen molar-refractivity contribution in [3.8, 4) is 0 Å². The molecule has 0 atom stereocenters. The molecule has 3 rings (SSSR count). The molecule has 7 heteroatoms. The number of sulfonamides is 1. The van der Waals surface area contributed by atoms with E-state index in [1.807, 2.05) is 37.3 Å². The minimum atomic E-state index is -3.53. The number of anilines is 2. The van der Waals surface area contributed by atoms with Crippen molar-refractivity contribution >= 4 is 32.7 Å². The molecule has 5 nitrogen and oxygen atoms in total. The lowest BCUT2D eigenvalue weighted by atomic mass is 10.2. The summed E-state index contributed by atoms with van der Waals surface area (Å²) < 4.78 is 27.8. The zero-order valence-corrected chi connectivity index (χ0v) is 15.4. The monoisotopic (exact) mass is 373 g/mol. The number of nitrogens with one attached hydrogen (secondary N) is 2. The van der Waals surface area contributed by atoms with Crippen molar-refractivity contribution in [3.05, 3.63) is 71.4 Å². The zero-order chi connectivity index (χ0) is 17.7. The van der Waals surface area contributed by atoms with Gasteiger partial charge in [-0.05, 0) is 60.5 Å². The van der Waals surface area contributed by atoms with Gasteiger partial charge in [0.1, 0.15) is 4.21 Å². The maximum absolute atomic E-state index is 12.4. The van der Waals surface area contributed by atoms with Gasteiger partial charge in [0.05, 0.1) is 0 Å². The highest BCUT2D eigenvalue weighted by Gasteiger charge is 2.16. The van der Waals surface area contributed by atoms with Gasteiger partial charge >= 0.3 is 0 Å². The van der Waals surface area contributed by atoms with Crippen molar-refractivity contribution in [1.82, 2.24) is 4.98 Å². The van der Waals surface area contributed by atoms with Gasteiger partial charge in [-0.3, -0.25) is 9.71 Å². The van der Waals surface area contributed by atoms with Gasteiger partial charge in [0.2, 0.25) is 0 Å². The van der Waals surface area contributed by atoms with Crippen LogP contribution in [-0.4, -0.2) is 13.4 Å². The molecule has 25 heavy (non-hydrogen) atoms. The van der Waals surface area contributed by atoms with E-state index in [0.717, 1.165) is 22.5 Å². The molecule has 0 fully saturated rings. The van der Waals surface area contributed by atoms with E-state index in [4.69, 9.17) is 0 Å². The Bertz CT molecular complexity index is 920. The van der Waals surface area contributed by atoms with E-state index in [1.165, 1.54) is 11.3 Å². The number of aromatic nitrogens is 1. The molecule has 0 radical (unpaired) electrons. The number of benzene rings is 1. The van der Waals surface area contributed by atoms with E-state index >= 15 is 0 Å².